The van der Waals surface area contributed by atoms with E-state index in [4.69, 9.17) is 4.99 Å². The molecule has 0 saturated heterocycles. The Balaban J connectivity index is 1.85. The molecule has 2 N–H and O–H groups in total. The van der Waals surface area contributed by atoms with E-state index in [0.29, 0.717) is 11.5 Å². The normalized spacial score (nSPS) is 24.3. The van der Waals surface area contributed by atoms with Gasteiger partial charge in [-0.15, -0.1) is 0 Å². The highest BCUT2D eigenvalue weighted by Crippen LogP contribution is 2.61. The molecular weight excluding hydrogens is 210 g/mol. The van der Waals surface area contributed by atoms with E-state index in [-0.39, 0.29) is 0 Å². The summed E-state index contributed by atoms with van der Waals surface area (Å²) in [5.41, 5.74) is 0.609. The van der Waals surface area contributed by atoms with Crippen LogP contribution in [0, 0.1) is 11.3 Å². The van der Waals surface area contributed by atoms with Crippen molar-refractivity contribution in [3.05, 3.63) is 0 Å². The Hall–Kier alpha value is -0.730. The van der Waals surface area contributed by atoms with Crippen molar-refractivity contribution in [2.75, 3.05) is 13.1 Å². The van der Waals surface area contributed by atoms with Crippen LogP contribution in [0.5, 0.6) is 0 Å². The van der Waals surface area contributed by atoms with Crippen molar-refractivity contribution in [2.45, 2.75) is 58.9 Å². The second kappa shape index (κ2) is 5.28. The van der Waals surface area contributed by atoms with Crippen LogP contribution in [0.4, 0.5) is 0 Å². The van der Waals surface area contributed by atoms with Gasteiger partial charge in [0.15, 0.2) is 5.96 Å². The van der Waals surface area contributed by atoms with Crippen molar-refractivity contribution >= 4 is 5.96 Å². The summed E-state index contributed by atoms with van der Waals surface area (Å²) in [6, 6.07) is 0.504. The third-order valence-electron chi connectivity index (χ3n) is 4.23. The molecule has 98 valence electrons. The molecule has 0 aromatic rings. The molecule has 1 unspecified atom stereocenters. The van der Waals surface area contributed by atoms with Gasteiger partial charge in [0.2, 0.25) is 0 Å². The highest BCUT2D eigenvalue weighted by Gasteiger charge is 2.53. The number of aliphatic imine (C=N–C) groups is 1. The van der Waals surface area contributed by atoms with Crippen LogP contribution in [-0.2, 0) is 0 Å². The molecule has 3 heteroatoms. The summed E-state index contributed by atoms with van der Waals surface area (Å²) in [5.74, 6) is 2.01. The molecule has 0 aliphatic heterocycles. The Kier molecular flexibility index (Phi) is 3.95. The molecule has 2 rings (SSSR count). The second-order valence-electron chi connectivity index (χ2n) is 5.79. The summed E-state index contributed by atoms with van der Waals surface area (Å²) in [6.07, 6.45) is 6.85. The molecule has 2 aliphatic carbocycles. The first-order valence-corrected chi connectivity index (χ1v) is 7.25. The minimum absolute atomic E-state index is 0.504. The monoisotopic (exact) mass is 237 g/mol. The van der Waals surface area contributed by atoms with E-state index in [1.54, 1.807) is 0 Å². The van der Waals surface area contributed by atoms with Crippen molar-refractivity contribution in [2.24, 2.45) is 16.3 Å². The van der Waals surface area contributed by atoms with E-state index in [1.165, 1.54) is 25.7 Å². The number of nitrogens with zero attached hydrogens (tertiary/aromatic N) is 1. The average molecular weight is 237 g/mol. The smallest absolute Gasteiger partial charge is 0.191 e. The number of nitrogens with one attached hydrogen (secondary N) is 2. The van der Waals surface area contributed by atoms with E-state index < -0.39 is 0 Å². The number of hydrogen-bond donors (Lipinski definition) is 2. The number of rotatable bonds is 6. The van der Waals surface area contributed by atoms with Gasteiger partial charge in [-0.2, -0.15) is 0 Å². The number of hydrogen-bond acceptors (Lipinski definition) is 1. The third kappa shape index (κ3) is 3.36. The Bertz CT molecular complexity index is 277. The first kappa shape index (κ1) is 12.7. The Morgan fingerprint density at radius 2 is 2.06 bits per heavy atom. The highest BCUT2D eigenvalue weighted by atomic mass is 15.2. The van der Waals surface area contributed by atoms with Gasteiger partial charge < -0.3 is 10.6 Å². The van der Waals surface area contributed by atoms with Crippen LogP contribution < -0.4 is 10.6 Å². The molecule has 2 aliphatic rings. The summed E-state index contributed by atoms with van der Waals surface area (Å²) >= 11 is 0. The molecule has 3 nitrogen and oxygen atoms in total. The maximum atomic E-state index is 4.79. The summed E-state index contributed by atoms with van der Waals surface area (Å²) in [7, 11) is 0. The molecule has 0 heterocycles. The lowest BCUT2D eigenvalue weighted by Gasteiger charge is -2.18. The van der Waals surface area contributed by atoms with Crippen molar-refractivity contribution in [1.82, 2.24) is 10.6 Å². The zero-order valence-corrected chi connectivity index (χ0v) is 11.6. The molecule has 1 atom stereocenters. The van der Waals surface area contributed by atoms with Gasteiger partial charge in [-0.3, -0.25) is 4.99 Å². The Labute approximate surface area is 105 Å². The zero-order chi connectivity index (χ0) is 12.3. The average Bonchev–Trinajstić information content (AvgIpc) is 3.16. The molecule has 2 saturated carbocycles. The summed E-state index contributed by atoms with van der Waals surface area (Å²) in [4.78, 5) is 4.79. The van der Waals surface area contributed by atoms with Crippen LogP contribution in [0.1, 0.15) is 52.9 Å². The highest BCUT2D eigenvalue weighted by molar-refractivity contribution is 5.80. The van der Waals surface area contributed by atoms with Gasteiger partial charge in [0.1, 0.15) is 0 Å². The van der Waals surface area contributed by atoms with Crippen LogP contribution in [0.2, 0.25) is 0 Å². The largest absolute Gasteiger partial charge is 0.357 e. The van der Waals surface area contributed by atoms with E-state index in [9.17, 15) is 0 Å². The first-order chi connectivity index (χ1) is 8.20. The minimum atomic E-state index is 0.504. The molecule has 0 amide bonds. The number of guanidine groups is 1. The maximum Gasteiger partial charge on any atom is 0.191 e. The topological polar surface area (TPSA) is 36.4 Å². The van der Waals surface area contributed by atoms with Gasteiger partial charge in [-0.1, -0.05) is 6.92 Å². The van der Waals surface area contributed by atoms with Gasteiger partial charge in [-0.05, 0) is 57.3 Å². The van der Waals surface area contributed by atoms with E-state index in [0.717, 1.165) is 31.4 Å². The molecule has 0 aromatic heterocycles. The lowest BCUT2D eigenvalue weighted by atomic mass is 10.0. The zero-order valence-electron chi connectivity index (χ0n) is 11.6. The van der Waals surface area contributed by atoms with Crippen LogP contribution in [0.3, 0.4) is 0 Å². The Morgan fingerprint density at radius 3 is 2.53 bits per heavy atom. The molecule has 0 bridgehead atoms. The van der Waals surface area contributed by atoms with Crippen molar-refractivity contribution < 1.29 is 0 Å². The fraction of sp³-hybridized carbons (Fsp3) is 0.929. The van der Waals surface area contributed by atoms with Crippen LogP contribution in [0.25, 0.3) is 0 Å². The molecule has 0 aromatic carbocycles. The second-order valence-corrected chi connectivity index (χ2v) is 5.79. The Morgan fingerprint density at radius 1 is 1.35 bits per heavy atom. The van der Waals surface area contributed by atoms with Gasteiger partial charge in [0.25, 0.3) is 0 Å². The van der Waals surface area contributed by atoms with Crippen LogP contribution in [-0.4, -0.2) is 25.1 Å². The fourth-order valence-electron chi connectivity index (χ4n) is 2.44. The van der Waals surface area contributed by atoms with Crippen molar-refractivity contribution in [3.8, 4) is 0 Å². The van der Waals surface area contributed by atoms with E-state index >= 15 is 0 Å². The fourth-order valence-corrected chi connectivity index (χ4v) is 2.44. The standard InChI is InChI=1S/C14H27N3/c1-4-11(3)17-13(15-5-2)16-10-14(8-9-14)12-6-7-12/h11-12H,4-10H2,1-3H3,(H2,15,16,17). The van der Waals surface area contributed by atoms with E-state index in [2.05, 4.69) is 31.4 Å². The van der Waals surface area contributed by atoms with Gasteiger partial charge in [0.05, 0.1) is 0 Å². The lowest BCUT2D eigenvalue weighted by Crippen LogP contribution is -2.42. The van der Waals surface area contributed by atoms with E-state index in [1.807, 2.05) is 0 Å². The SMILES string of the molecule is CCNC(=NCC1(C2CC2)CC1)NC(C)CC. The third-order valence-corrected chi connectivity index (χ3v) is 4.23. The lowest BCUT2D eigenvalue weighted by molar-refractivity contribution is 0.451. The van der Waals surface area contributed by atoms with Crippen molar-refractivity contribution in [1.29, 1.82) is 0 Å². The van der Waals surface area contributed by atoms with Crippen LogP contribution in [0.15, 0.2) is 4.99 Å². The molecule has 0 spiro atoms. The van der Waals surface area contributed by atoms with Crippen LogP contribution >= 0.6 is 0 Å². The summed E-state index contributed by atoms with van der Waals surface area (Å²) < 4.78 is 0. The first-order valence-electron chi connectivity index (χ1n) is 7.25. The molecule has 17 heavy (non-hydrogen) atoms. The molecular formula is C14H27N3. The maximum absolute atomic E-state index is 4.79. The molecule has 2 fully saturated rings. The van der Waals surface area contributed by atoms with Gasteiger partial charge >= 0.3 is 0 Å². The quantitative estimate of drug-likeness (QED) is 0.550. The predicted molar refractivity (Wildman–Crippen MR) is 73.3 cm³/mol. The van der Waals surface area contributed by atoms with Crippen molar-refractivity contribution in [3.63, 3.8) is 0 Å². The van der Waals surface area contributed by atoms with Gasteiger partial charge in [0, 0.05) is 19.1 Å². The van der Waals surface area contributed by atoms with Gasteiger partial charge in [-0.25, -0.2) is 0 Å². The summed E-state index contributed by atoms with van der Waals surface area (Å²) in [6.45, 7) is 8.51. The predicted octanol–water partition coefficient (Wildman–Crippen LogP) is 2.53. The molecule has 0 radical (unpaired) electrons. The summed E-state index contributed by atoms with van der Waals surface area (Å²) in [5, 5.41) is 6.81. The minimum Gasteiger partial charge on any atom is -0.357 e.